The van der Waals surface area contributed by atoms with E-state index in [4.69, 9.17) is 4.74 Å². The molecule has 1 heterocycles. The largest absolute Gasteiger partial charge is 0.449 e. The highest BCUT2D eigenvalue weighted by Crippen LogP contribution is 2.05. The van der Waals surface area contributed by atoms with Gasteiger partial charge in [-0.25, -0.2) is 4.79 Å². The van der Waals surface area contributed by atoms with Crippen molar-refractivity contribution in [3.05, 3.63) is 0 Å². The molecule has 0 radical (unpaired) electrons. The van der Waals surface area contributed by atoms with Gasteiger partial charge in [0.25, 0.3) is 0 Å². The van der Waals surface area contributed by atoms with Crippen molar-refractivity contribution < 1.29 is 9.53 Å². The van der Waals surface area contributed by atoms with Gasteiger partial charge in [-0.15, -0.1) is 0 Å². The maximum absolute atomic E-state index is 11.2. The molecule has 0 N–H and O–H groups in total. The number of nitrogens with zero attached hydrogens (tertiary/aromatic N) is 2. The lowest BCUT2D eigenvalue weighted by molar-refractivity contribution is 0.130. The van der Waals surface area contributed by atoms with Gasteiger partial charge < -0.3 is 4.74 Å². The lowest BCUT2D eigenvalue weighted by atomic mass is 10.5. The molecule has 1 aliphatic rings. The smallest absolute Gasteiger partial charge is 0.415 e. The van der Waals surface area contributed by atoms with Gasteiger partial charge in [-0.1, -0.05) is 0 Å². The lowest BCUT2D eigenvalue weighted by Crippen LogP contribution is -2.35. The molecule has 0 fully saturated rings. The number of carbonyl (C=O) groups is 1. The third-order valence-electron chi connectivity index (χ3n) is 1.56. The molecule has 1 amide bonds. The number of rotatable bonds is 2. The van der Waals surface area contributed by atoms with Crippen LogP contribution in [0, 0.1) is 0 Å². The monoisotopic (exact) mass is 188 g/mol. The van der Waals surface area contributed by atoms with Gasteiger partial charge in [0, 0.05) is 5.75 Å². The van der Waals surface area contributed by atoms with E-state index in [2.05, 4.69) is 17.6 Å². The number of amides is 1. The van der Waals surface area contributed by atoms with E-state index in [1.54, 1.807) is 6.92 Å². The molecule has 0 unspecified atom stereocenters. The van der Waals surface area contributed by atoms with Gasteiger partial charge in [0.1, 0.15) is 5.84 Å². The fraction of sp³-hybridized carbons (Fsp3) is 0.714. The summed E-state index contributed by atoms with van der Waals surface area (Å²) in [5.41, 5.74) is 0. The average Bonchev–Trinajstić information content (AvgIpc) is 2.51. The van der Waals surface area contributed by atoms with Crippen molar-refractivity contribution in [2.24, 2.45) is 4.99 Å². The van der Waals surface area contributed by atoms with Crippen LogP contribution >= 0.6 is 12.6 Å². The Morgan fingerprint density at radius 1 is 1.83 bits per heavy atom. The van der Waals surface area contributed by atoms with Gasteiger partial charge in [-0.3, -0.25) is 9.89 Å². The molecule has 1 aliphatic heterocycles. The minimum absolute atomic E-state index is 0.317. The predicted molar refractivity (Wildman–Crippen MR) is 49.9 cm³/mol. The Hall–Kier alpha value is -0.710. The van der Waals surface area contributed by atoms with E-state index >= 15 is 0 Å². The van der Waals surface area contributed by atoms with E-state index in [-0.39, 0.29) is 6.09 Å². The van der Waals surface area contributed by atoms with Crippen LogP contribution in [0.25, 0.3) is 0 Å². The fourth-order valence-corrected chi connectivity index (χ4v) is 1.30. The van der Waals surface area contributed by atoms with Gasteiger partial charge in [0.2, 0.25) is 0 Å². The van der Waals surface area contributed by atoms with Gasteiger partial charge in [-0.2, -0.15) is 12.6 Å². The van der Waals surface area contributed by atoms with Crippen molar-refractivity contribution in [1.82, 2.24) is 4.90 Å². The van der Waals surface area contributed by atoms with Gasteiger partial charge in [-0.05, 0) is 6.92 Å². The summed E-state index contributed by atoms with van der Waals surface area (Å²) in [7, 11) is 0. The van der Waals surface area contributed by atoms with Crippen LogP contribution < -0.4 is 0 Å². The Morgan fingerprint density at radius 2 is 2.58 bits per heavy atom. The van der Waals surface area contributed by atoms with Crippen LogP contribution in [-0.4, -0.2) is 42.3 Å². The highest BCUT2D eigenvalue weighted by atomic mass is 32.1. The normalized spacial score (nSPS) is 16.2. The minimum Gasteiger partial charge on any atom is -0.449 e. The number of ether oxygens (including phenoxy) is 1. The van der Waals surface area contributed by atoms with Gasteiger partial charge >= 0.3 is 6.09 Å². The molecule has 68 valence electrons. The third kappa shape index (κ3) is 1.91. The minimum atomic E-state index is -0.317. The average molecular weight is 188 g/mol. The highest BCUT2D eigenvalue weighted by Gasteiger charge is 2.22. The topological polar surface area (TPSA) is 41.9 Å². The first kappa shape index (κ1) is 9.38. The van der Waals surface area contributed by atoms with E-state index < -0.39 is 0 Å². The summed E-state index contributed by atoms with van der Waals surface area (Å²) in [5.74, 6) is 1.19. The molecule has 0 aromatic rings. The predicted octanol–water partition coefficient (Wildman–Crippen LogP) is 0.787. The summed E-state index contributed by atoms with van der Waals surface area (Å²) >= 11 is 4.06. The first-order valence-corrected chi connectivity index (χ1v) is 4.51. The third-order valence-corrected chi connectivity index (χ3v) is 1.84. The van der Waals surface area contributed by atoms with E-state index in [0.717, 1.165) is 0 Å². The van der Waals surface area contributed by atoms with Crippen molar-refractivity contribution in [2.45, 2.75) is 6.92 Å². The molecule has 5 heteroatoms. The summed E-state index contributed by atoms with van der Waals surface area (Å²) in [5, 5.41) is 0. The maximum atomic E-state index is 11.2. The number of aliphatic imine (C=N–C) groups is 1. The molecule has 0 bridgehead atoms. The van der Waals surface area contributed by atoms with Crippen LogP contribution in [0.4, 0.5) is 4.79 Å². The Labute approximate surface area is 77.0 Å². The fourth-order valence-electron chi connectivity index (χ4n) is 1.03. The van der Waals surface area contributed by atoms with E-state index in [1.165, 1.54) is 4.90 Å². The quantitative estimate of drug-likeness (QED) is 0.651. The van der Waals surface area contributed by atoms with Crippen LogP contribution in [0.1, 0.15) is 6.92 Å². The number of amidine groups is 1. The zero-order chi connectivity index (χ0) is 8.97. The van der Waals surface area contributed by atoms with E-state index in [9.17, 15) is 4.79 Å². The molecule has 0 aromatic carbocycles. The number of carbonyl (C=O) groups excluding carboxylic acids is 1. The van der Waals surface area contributed by atoms with Crippen LogP contribution in [0.15, 0.2) is 4.99 Å². The second-order valence-corrected chi connectivity index (χ2v) is 2.62. The molecular weight excluding hydrogens is 176 g/mol. The molecule has 4 nitrogen and oxygen atoms in total. The lowest BCUT2D eigenvalue weighted by Gasteiger charge is -2.15. The van der Waals surface area contributed by atoms with Gasteiger partial charge in [0.15, 0.2) is 0 Å². The van der Waals surface area contributed by atoms with Gasteiger partial charge in [0.05, 0.1) is 19.7 Å². The van der Waals surface area contributed by atoms with Crippen LogP contribution in [0.2, 0.25) is 0 Å². The standard InChI is InChI=1S/C7H12N2O2S/c1-2-11-7(10)9-4-3-8-6(9)5-12/h12H,2-5H2,1H3. The second-order valence-electron chi connectivity index (χ2n) is 2.31. The number of hydrogen-bond acceptors (Lipinski definition) is 4. The summed E-state index contributed by atoms with van der Waals surface area (Å²) in [6.07, 6.45) is -0.317. The maximum Gasteiger partial charge on any atom is 0.415 e. The Balaban J connectivity index is 2.52. The van der Waals surface area contributed by atoms with Crippen molar-refractivity contribution in [3.63, 3.8) is 0 Å². The SMILES string of the molecule is CCOC(=O)N1CCN=C1CS. The first-order valence-electron chi connectivity index (χ1n) is 3.88. The van der Waals surface area contributed by atoms with Crippen molar-refractivity contribution in [3.8, 4) is 0 Å². The summed E-state index contributed by atoms with van der Waals surface area (Å²) in [4.78, 5) is 16.8. The van der Waals surface area contributed by atoms with Crippen LogP contribution in [-0.2, 0) is 4.74 Å². The van der Waals surface area contributed by atoms with Crippen molar-refractivity contribution in [1.29, 1.82) is 0 Å². The Bertz CT molecular complexity index is 206. The molecular formula is C7H12N2O2S. The molecule has 0 atom stereocenters. The molecule has 0 saturated carbocycles. The zero-order valence-corrected chi connectivity index (χ0v) is 7.88. The molecule has 0 aromatic heterocycles. The molecule has 0 saturated heterocycles. The molecule has 1 rings (SSSR count). The van der Waals surface area contributed by atoms with Crippen molar-refractivity contribution in [2.75, 3.05) is 25.4 Å². The summed E-state index contributed by atoms with van der Waals surface area (Å²) < 4.78 is 4.83. The summed E-state index contributed by atoms with van der Waals surface area (Å²) in [6, 6.07) is 0. The van der Waals surface area contributed by atoms with Crippen LogP contribution in [0.5, 0.6) is 0 Å². The Kier molecular flexibility index (Phi) is 3.40. The molecule has 12 heavy (non-hydrogen) atoms. The first-order chi connectivity index (χ1) is 5.79. The number of hydrogen-bond donors (Lipinski definition) is 1. The van der Waals surface area contributed by atoms with E-state index in [0.29, 0.717) is 31.3 Å². The zero-order valence-electron chi connectivity index (χ0n) is 6.99. The Morgan fingerprint density at radius 3 is 3.17 bits per heavy atom. The number of thiol groups is 1. The summed E-state index contributed by atoms with van der Waals surface area (Å²) in [6.45, 7) is 3.46. The second kappa shape index (κ2) is 4.35. The van der Waals surface area contributed by atoms with Crippen molar-refractivity contribution >= 4 is 24.6 Å². The molecule has 0 spiro atoms. The highest BCUT2D eigenvalue weighted by molar-refractivity contribution is 7.81. The van der Waals surface area contributed by atoms with Crippen LogP contribution in [0.3, 0.4) is 0 Å². The molecule has 0 aliphatic carbocycles. The van der Waals surface area contributed by atoms with E-state index in [1.807, 2.05) is 0 Å².